The van der Waals surface area contributed by atoms with E-state index in [1.807, 2.05) is 20.8 Å². The SMILES string of the molecule is CC.CC(=O)C(C)N(C)C1(S)CCCC(CCCCS)C1C. The summed E-state index contributed by atoms with van der Waals surface area (Å²) in [5.74, 6) is 2.45. The Balaban J connectivity index is 0.00000211. The van der Waals surface area contributed by atoms with E-state index in [4.69, 9.17) is 12.6 Å². The lowest BCUT2D eigenvalue weighted by Crippen LogP contribution is -2.56. The van der Waals surface area contributed by atoms with Gasteiger partial charge in [-0.05, 0) is 57.7 Å². The van der Waals surface area contributed by atoms with Gasteiger partial charge in [0.25, 0.3) is 0 Å². The summed E-state index contributed by atoms with van der Waals surface area (Å²) in [5.41, 5.74) is 0. The molecule has 22 heavy (non-hydrogen) atoms. The van der Waals surface area contributed by atoms with E-state index in [1.165, 1.54) is 32.1 Å². The van der Waals surface area contributed by atoms with E-state index in [1.54, 1.807) is 6.92 Å². The monoisotopic (exact) mass is 347 g/mol. The highest BCUT2D eigenvalue weighted by atomic mass is 32.1. The maximum Gasteiger partial charge on any atom is 0.146 e. The van der Waals surface area contributed by atoms with E-state index < -0.39 is 0 Å². The minimum Gasteiger partial charge on any atom is -0.298 e. The molecule has 0 bridgehead atoms. The predicted octanol–water partition coefficient (Wildman–Crippen LogP) is 5.08. The van der Waals surface area contributed by atoms with Crippen molar-refractivity contribution in [2.75, 3.05) is 12.8 Å². The number of likely N-dealkylation sites (N-methyl/N-ethyl adjacent to an activating group) is 1. The zero-order valence-corrected chi connectivity index (χ0v) is 17.2. The zero-order valence-electron chi connectivity index (χ0n) is 15.4. The molecule has 1 saturated carbocycles. The van der Waals surface area contributed by atoms with Gasteiger partial charge in [-0.2, -0.15) is 25.3 Å². The van der Waals surface area contributed by atoms with Crippen LogP contribution >= 0.6 is 25.3 Å². The first-order chi connectivity index (χ1) is 10.3. The number of carbonyl (C=O) groups excluding carboxylic acids is 1. The number of carbonyl (C=O) groups is 1. The second-order valence-electron chi connectivity index (χ2n) is 6.44. The zero-order chi connectivity index (χ0) is 17.3. The van der Waals surface area contributed by atoms with Gasteiger partial charge in [-0.25, -0.2) is 0 Å². The number of rotatable bonds is 7. The minimum atomic E-state index is -0.144. The number of unbranched alkanes of at least 4 members (excludes halogenated alkanes) is 1. The number of hydrogen-bond acceptors (Lipinski definition) is 4. The number of Topliss-reactive ketones (excluding diaryl/α,β-unsaturated/α-hetero) is 1. The first-order valence-electron chi connectivity index (χ1n) is 8.91. The van der Waals surface area contributed by atoms with Gasteiger partial charge in [-0.1, -0.05) is 40.0 Å². The summed E-state index contributed by atoms with van der Waals surface area (Å²) in [6.45, 7) is 9.99. The molecule has 0 aromatic heterocycles. The van der Waals surface area contributed by atoms with Gasteiger partial charge >= 0.3 is 0 Å². The lowest BCUT2D eigenvalue weighted by Gasteiger charge is -2.50. The smallest absolute Gasteiger partial charge is 0.146 e. The van der Waals surface area contributed by atoms with Crippen LogP contribution in [-0.2, 0) is 4.79 Å². The Morgan fingerprint density at radius 1 is 1.36 bits per heavy atom. The largest absolute Gasteiger partial charge is 0.298 e. The van der Waals surface area contributed by atoms with E-state index in [9.17, 15) is 4.79 Å². The first kappa shape index (κ1) is 22.3. The summed E-state index contributed by atoms with van der Waals surface area (Å²) in [4.78, 5) is 13.7. The van der Waals surface area contributed by atoms with Crippen molar-refractivity contribution in [2.45, 2.75) is 84.1 Å². The molecule has 0 aromatic carbocycles. The summed E-state index contributed by atoms with van der Waals surface area (Å²) in [5, 5.41) is 0. The highest BCUT2D eigenvalue weighted by molar-refractivity contribution is 7.81. The van der Waals surface area contributed by atoms with Gasteiger partial charge in [0.15, 0.2) is 0 Å². The summed E-state index contributed by atoms with van der Waals surface area (Å²) in [7, 11) is 2.06. The third-order valence-corrected chi connectivity index (χ3v) is 6.58. The molecular formula is C18H37NOS2. The lowest BCUT2D eigenvalue weighted by atomic mass is 9.73. The normalized spacial score (nSPS) is 29.7. The van der Waals surface area contributed by atoms with Crippen LogP contribution in [0.1, 0.15) is 73.1 Å². The molecule has 132 valence electrons. The van der Waals surface area contributed by atoms with Crippen LogP contribution in [0, 0.1) is 11.8 Å². The molecule has 1 aliphatic rings. The predicted molar refractivity (Wildman–Crippen MR) is 105 cm³/mol. The molecule has 0 heterocycles. The molecule has 0 amide bonds. The summed E-state index contributed by atoms with van der Waals surface area (Å²) < 4.78 is 0. The molecule has 0 radical (unpaired) electrons. The highest BCUT2D eigenvalue weighted by Gasteiger charge is 2.44. The van der Waals surface area contributed by atoms with E-state index in [0.717, 1.165) is 18.1 Å². The quantitative estimate of drug-likeness (QED) is 0.380. The molecule has 2 nitrogen and oxygen atoms in total. The van der Waals surface area contributed by atoms with Gasteiger partial charge in [0.2, 0.25) is 0 Å². The molecule has 0 aliphatic heterocycles. The number of hydrogen-bond donors (Lipinski definition) is 2. The van der Waals surface area contributed by atoms with Crippen molar-refractivity contribution in [3.8, 4) is 0 Å². The van der Waals surface area contributed by atoms with Crippen molar-refractivity contribution in [2.24, 2.45) is 11.8 Å². The van der Waals surface area contributed by atoms with Gasteiger partial charge in [-0.15, -0.1) is 0 Å². The molecule has 0 N–H and O–H groups in total. The van der Waals surface area contributed by atoms with Crippen molar-refractivity contribution in [1.82, 2.24) is 4.90 Å². The van der Waals surface area contributed by atoms with Crippen LogP contribution in [0.25, 0.3) is 0 Å². The molecule has 4 heteroatoms. The third kappa shape index (κ3) is 5.76. The molecule has 0 saturated heterocycles. The second kappa shape index (κ2) is 11.0. The van der Waals surface area contributed by atoms with E-state index >= 15 is 0 Å². The van der Waals surface area contributed by atoms with Crippen LogP contribution in [0.5, 0.6) is 0 Å². The Hall–Kier alpha value is 0.330. The molecule has 1 aliphatic carbocycles. The van der Waals surface area contributed by atoms with Crippen LogP contribution in [0.2, 0.25) is 0 Å². The maximum absolute atomic E-state index is 11.7. The van der Waals surface area contributed by atoms with E-state index in [2.05, 4.69) is 31.5 Å². The number of ketones is 1. The van der Waals surface area contributed by atoms with Crippen molar-refractivity contribution >= 4 is 31.0 Å². The molecular weight excluding hydrogens is 310 g/mol. The van der Waals surface area contributed by atoms with Crippen LogP contribution in [0.3, 0.4) is 0 Å². The maximum atomic E-state index is 11.7. The average molecular weight is 348 g/mol. The van der Waals surface area contributed by atoms with Crippen molar-refractivity contribution in [1.29, 1.82) is 0 Å². The summed E-state index contributed by atoms with van der Waals surface area (Å²) in [6, 6.07) is -0.0499. The molecule has 1 rings (SSSR count). The Bertz CT molecular complexity index is 324. The van der Waals surface area contributed by atoms with Crippen LogP contribution in [0.4, 0.5) is 0 Å². The molecule has 1 fully saturated rings. The van der Waals surface area contributed by atoms with Gasteiger partial charge in [0.1, 0.15) is 5.78 Å². The molecule has 4 unspecified atom stereocenters. The third-order valence-electron chi connectivity index (χ3n) is 5.32. The second-order valence-corrected chi connectivity index (χ2v) is 7.66. The van der Waals surface area contributed by atoms with Gasteiger partial charge in [0, 0.05) is 0 Å². The van der Waals surface area contributed by atoms with Gasteiger partial charge < -0.3 is 0 Å². The van der Waals surface area contributed by atoms with Crippen LogP contribution < -0.4 is 0 Å². The fourth-order valence-corrected chi connectivity index (χ4v) is 4.26. The van der Waals surface area contributed by atoms with Gasteiger partial charge in [-0.3, -0.25) is 9.69 Å². The fraction of sp³-hybridized carbons (Fsp3) is 0.944. The first-order valence-corrected chi connectivity index (χ1v) is 9.99. The average Bonchev–Trinajstić information content (AvgIpc) is 2.52. The Kier molecular flexibility index (Phi) is 11.1. The Morgan fingerprint density at radius 3 is 2.45 bits per heavy atom. The van der Waals surface area contributed by atoms with Gasteiger partial charge in [0.05, 0.1) is 10.9 Å². The van der Waals surface area contributed by atoms with Crippen molar-refractivity contribution in [3.05, 3.63) is 0 Å². The van der Waals surface area contributed by atoms with Crippen LogP contribution in [0.15, 0.2) is 0 Å². The Labute approximate surface area is 149 Å². The summed E-state index contributed by atoms with van der Waals surface area (Å²) >= 11 is 9.33. The molecule has 4 atom stereocenters. The highest BCUT2D eigenvalue weighted by Crippen LogP contribution is 2.46. The van der Waals surface area contributed by atoms with Crippen molar-refractivity contribution in [3.63, 3.8) is 0 Å². The van der Waals surface area contributed by atoms with Crippen LogP contribution in [-0.4, -0.2) is 34.4 Å². The van der Waals surface area contributed by atoms with Crippen molar-refractivity contribution < 1.29 is 4.79 Å². The van der Waals surface area contributed by atoms with E-state index in [0.29, 0.717) is 5.92 Å². The molecule has 0 spiro atoms. The molecule has 0 aromatic rings. The standard InChI is InChI=1S/C16H31NOS2.C2H6/c1-12-15(8-5-6-11-19)9-7-10-16(12,20)17(4)13(2)14(3)18;1-2/h12-13,15,19-20H,5-11H2,1-4H3;1-2H3. The van der Waals surface area contributed by atoms with E-state index in [-0.39, 0.29) is 16.7 Å². The fourth-order valence-electron chi connectivity index (χ4n) is 3.50. The Morgan fingerprint density at radius 2 is 1.95 bits per heavy atom. The minimum absolute atomic E-state index is 0.0499. The number of nitrogens with zero attached hydrogens (tertiary/aromatic N) is 1. The lowest BCUT2D eigenvalue weighted by molar-refractivity contribution is -0.123. The summed E-state index contributed by atoms with van der Waals surface area (Å²) in [6.07, 6.45) is 7.33. The topological polar surface area (TPSA) is 20.3 Å². The number of thiol groups is 2.